The molecule has 0 spiro atoms. The predicted octanol–water partition coefficient (Wildman–Crippen LogP) is 0.224. The van der Waals surface area contributed by atoms with Crippen LogP contribution in [-0.4, -0.2) is 46.9 Å². The molecule has 106 valence electrons. The van der Waals surface area contributed by atoms with Crippen molar-refractivity contribution in [1.29, 1.82) is 0 Å². The van der Waals surface area contributed by atoms with Crippen molar-refractivity contribution in [1.82, 2.24) is 10.2 Å². The van der Waals surface area contributed by atoms with Gasteiger partial charge in [-0.2, -0.15) is 0 Å². The Morgan fingerprint density at radius 2 is 1.89 bits per heavy atom. The molecular formula is C13H20N2O4. The lowest BCUT2D eigenvalue weighted by Crippen LogP contribution is -2.58. The smallest absolute Gasteiger partial charge is 0.307 e. The van der Waals surface area contributed by atoms with Crippen molar-refractivity contribution < 1.29 is 19.5 Å². The van der Waals surface area contributed by atoms with Crippen LogP contribution in [0.1, 0.15) is 32.6 Å². The third-order valence-electron chi connectivity index (χ3n) is 4.18. The second kappa shape index (κ2) is 5.59. The van der Waals surface area contributed by atoms with Crippen LogP contribution in [0.25, 0.3) is 0 Å². The molecule has 0 radical (unpaired) electrons. The van der Waals surface area contributed by atoms with Gasteiger partial charge in [-0.1, -0.05) is 12.8 Å². The minimum Gasteiger partial charge on any atom is -0.481 e. The number of carboxylic acids is 1. The van der Waals surface area contributed by atoms with Crippen LogP contribution in [0, 0.1) is 11.8 Å². The van der Waals surface area contributed by atoms with Gasteiger partial charge in [-0.15, -0.1) is 0 Å². The van der Waals surface area contributed by atoms with Crippen LogP contribution in [0.15, 0.2) is 0 Å². The largest absolute Gasteiger partial charge is 0.481 e. The van der Waals surface area contributed by atoms with Gasteiger partial charge < -0.3 is 15.3 Å². The summed E-state index contributed by atoms with van der Waals surface area (Å²) in [7, 11) is 0. The first-order valence-corrected chi connectivity index (χ1v) is 6.83. The third kappa shape index (κ3) is 2.72. The van der Waals surface area contributed by atoms with Gasteiger partial charge in [-0.3, -0.25) is 14.4 Å². The number of carboxylic acid groups (broad SMARTS) is 1. The molecule has 0 aromatic carbocycles. The summed E-state index contributed by atoms with van der Waals surface area (Å²) in [5.74, 6) is -2.30. The van der Waals surface area contributed by atoms with Gasteiger partial charge in [-0.25, -0.2) is 0 Å². The number of amides is 2. The molecule has 1 heterocycles. The number of carbonyl (C=O) groups is 3. The summed E-state index contributed by atoms with van der Waals surface area (Å²) in [5, 5.41) is 11.9. The first-order chi connectivity index (χ1) is 9.02. The summed E-state index contributed by atoms with van der Waals surface area (Å²) < 4.78 is 0. The number of piperazine rings is 1. The topological polar surface area (TPSA) is 86.7 Å². The van der Waals surface area contributed by atoms with Gasteiger partial charge in [0.05, 0.1) is 11.8 Å². The zero-order valence-corrected chi connectivity index (χ0v) is 11.1. The molecule has 0 aromatic heterocycles. The molecule has 2 aliphatic rings. The summed E-state index contributed by atoms with van der Waals surface area (Å²) >= 11 is 0. The number of nitrogens with zero attached hydrogens (tertiary/aromatic N) is 1. The van der Waals surface area contributed by atoms with Gasteiger partial charge in [0.1, 0.15) is 6.04 Å². The van der Waals surface area contributed by atoms with E-state index in [1.807, 2.05) is 0 Å². The van der Waals surface area contributed by atoms with Crippen LogP contribution in [0.4, 0.5) is 0 Å². The molecule has 6 nitrogen and oxygen atoms in total. The standard InChI is InChI=1S/C13H20N2O4/c1-8-11(16)14-6-7-15(8)12(17)9-4-2-3-5-10(9)13(18)19/h8-10H,2-7H2,1H3,(H,14,16)(H,18,19)/t8?,9-,10+/m1/s1. The number of hydrogen-bond donors (Lipinski definition) is 2. The van der Waals surface area contributed by atoms with Gasteiger partial charge in [0.2, 0.25) is 11.8 Å². The van der Waals surface area contributed by atoms with E-state index in [0.29, 0.717) is 25.9 Å². The monoisotopic (exact) mass is 268 g/mol. The lowest BCUT2D eigenvalue weighted by atomic mass is 9.78. The fraction of sp³-hybridized carbons (Fsp3) is 0.769. The van der Waals surface area contributed by atoms with E-state index in [1.165, 1.54) is 4.90 Å². The van der Waals surface area contributed by atoms with Gasteiger partial charge in [0, 0.05) is 13.1 Å². The van der Waals surface area contributed by atoms with E-state index in [0.717, 1.165) is 12.8 Å². The molecule has 1 unspecified atom stereocenters. The molecule has 1 aliphatic heterocycles. The summed E-state index contributed by atoms with van der Waals surface area (Å²) in [5.41, 5.74) is 0. The Bertz CT molecular complexity index is 396. The molecule has 2 fully saturated rings. The lowest BCUT2D eigenvalue weighted by Gasteiger charge is -2.37. The Morgan fingerprint density at radius 1 is 1.26 bits per heavy atom. The Balaban J connectivity index is 2.12. The zero-order chi connectivity index (χ0) is 14.0. The number of hydrogen-bond acceptors (Lipinski definition) is 3. The van der Waals surface area contributed by atoms with Crippen molar-refractivity contribution in [3.8, 4) is 0 Å². The van der Waals surface area contributed by atoms with Crippen molar-refractivity contribution in [2.45, 2.75) is 38.6 Å². The van der Waals surface area contributed by atoms with Crippen LogP contribution in [0.3, 0.4) is 0 Å². The average Bonchev–Trinajstić information content (AvgIpc) is 2.41. The molecule has 1 saturated heterocycles. The summed E-state index contributed by atoms with van der Waals surface area (Å²) in [6, 6.07) is -0.502. The third-order valence-corrected chi connectivity index (χ3v) is 4.18. The maximum absolute atomic E-state index is 12.5. The fourth-order valence-electron chi connectivity index (χ4n) is 3.02. The highest BCUT2D eigenvalue weighted by atomic mass is 16.4. The molecule has 1 saturated carbocycles. The van der Waals surface area contributed by atoms with E-state index < -0.39 is 23.8 Å². The van der Waals surface area contributed by atoms with Crippen LogP contribution in [0.2, 0.25) is 0 Å². The van der Waals surface area contributed by atoms with Crippen molar-refractivity contribution in [2.75, 3.05) is 13.1 Å². The average molecular weight is 268 g/mol. The molecule has 2 amide bonds. The number of carbonyl (C=O) groups excluding carboxylic acids is 2. The Morgan fingerprint density at radius 3 is 2.53 bits per heavy atom. The van der Waals surface area contributed by atoms with Crippen molar-refractivity contribution in [2.24, 2.45) is 11.8 Å². The number of aliphatic carboxylic acids is 1. The molecule has 19 heavy (non-hydrogen) atoms. The summed E-state index contributed by atoms with van der Waals surface area (Å²) in [4.78, 5) is 36.9. The molecule has 0 bridgehead atoms. The van der Waals surface area contributed by atoms with Crippen molar-refractivity contribution in [3.05, 3.63) is 0 Å². The molecule has 2 N–H and O–H groups in total. The van der Waals surface area contributed by atoms with Crippen LogP contribution < -0.4 is 5.32 Å². The van der Waals surface area contributed by atoms with Crippen molar-refractivity contribution in [3.63, 3.8) is 0 Å². The quantitative estimate of drug-likeness (QED) is 0.750. The molecular weight excluding hydrogens is 248 g/mol. The molecule has 6 heteroatoms. The maximum atomic E-state index is 12.5. The Hall–Kier alpha value is -1.59. The highest BCUT2D eigenvalue weighted by Crippen LogP contribution is 2.32. The number of nitrogens with one attached hydrogen (secondary N) is 1. The minimum absolute atomic E-state index is 0.165. The SMILES string of the molecule is CC1C(=O)NCCN1C(=O)[C@@H]1CCCC[C@@H]1C(=O)O. The van der Waals surface area contributed by atoms with E-state index in [-0.39, 0.29) is 11.8 Å². The second-order valence-electron chi connectivity index (χ2n) is 5.33. The number of rotatable bonds is 2. The highest BCUT2D eigenvalue weighted by Gasteiger charge is 2.40. The van der Waals surface area contributed by atoms with Gasteiger partial charge in [0.15, 0.2) is 0 Å². The van der Waals surface area contributed by atoms with Gasteiger partial charge in [-0.05, 0) is 19.8 Å². The van der Waals surface area contributed by atoms with Gasteiger partial charge in [0.25, 0.3) is 0 Å². The van der Waals surface area contributed by atoms with E-state index in [2.05, 4.69) is 5.32 Å². The van der Waals surface area contributed by atoms with Crippen LogP contribution in [-0.2, 0) is 14.4 Å². The van der Waals surface area contributed by atoms with Crippen LogP contribution >= 0.6 is 0 Å². The van der Waals surface area contributed by atoms with E-state index >= 15 is 0 Å². The predicted molar refractivity (Wildman–Crippen MR) is 67.3 cm³/mol. The maximum Gasteiger partial charge on any atom is 0.307 e. The summed E-state index contributed by atoms with van der Waals surface area (Å²) in [6.07, 6.45) is 2.91. The minimum atomic E-state index is -0.896. The van der Waals surface area contributed by atoms with Gasteiger partial charge >= 0.3 is 5.97 Å². The van der Waals surface area contributed by atoms with E-state index in [4.69, 9.17) is 0 Å². The zero-order valence-electron chi connectivity index (χ0n) is 11.1. The molecule has 3 atom stereocenters. The molecule has 2 rings (SSSR count). The first-order valence-electron chi connectivity index (χ1n) is 6.83. The van der Waals surface area contributed by atoms with Crippen molar-refractivity contribution >= 4 is 17.8 Å². The Labute approximate surface area is 112 Å². The van der Waals surface area contributed by atoms with Crippen LogP contribution in [0.5, 0.6) is 0 Å². The first kappa shape index (κ1) is 13.8. The van der Waals surface area contributed by atoms with E-state index in [1.54, 1.807) is 6.92 Å². The normalized spacial score (nSPS) is 31.7. The second-order valence-corrected chi connectivity index (χ2v) is 5.33. The molecule has 1 aliphatic carbocycles. The fourth-order valence-corrected chi connectivity index (χ4v) is 3.02. The highest BCUT2D eigenvalue weighted by molar-refractivity contribution is 5.91. The Kier molecular flexibility index (Phi) is 4.07. The lowest BCUT2D eigenvalue weighted by molar-refractivity contribution is -0.155. The van der Waals surface area contributed by atoms with E-state index in [9.17, 15) is 19.5 Å². The summed E-state index contributed by atoms with van der Waals surface area (Å²) in [6.45, 7) is 2.60. The molecule has 0 aromatic rings.